The predicted molar refractivity (Wildman–Crippen MR) is 65.6 cm³/mol. The predicted octanol–water partition coefficient (Wildman–Crippen LogP) is -2.55. The number of carbonyl (C=O) groups is 2. The number of hydrogen-bond acceptors (Lipinski definition) is 9. The van der Waals surface area contributed by atoms with E-state index in [-0.39, 0.29) is 13.0 Å². The molecular formula is C12H18O9. The fraction of sp³-hybridized carbons (Fsp3) is 0.667. The van der Waals surface area contributed by atoms with E-state index in [0.717, 1.165) is 6.08 Å². The molecule has 1 rings (SSSR count). The molecule has 0 radical (unpaired) electrons. The molecule has 0 aliphatic carbocycles. The summed E-state index contributed by atoms with van der Waals surface area (Å²) in [4.78, 5) is 22.1. The molecule has 1 heterocycles. The van der Waals surface area contributed by atoms with E-state index in [4.69, 9.17) is 9.47 Å². The van der Waals surface area contributed by atoms with Crippen LogP contribution in [-0.2, 0) is 23.8 Å². The Morgan fingerprint density at radius 2 is 1.76 bits per heavy atom. The molecule has 9 nitrogen and oxygen atoms in total. The van der Waals surface area contributed by atoms with Crippen LogP contribution in [0, 0.1) is 0 Å². The van der Waals surface area contributed by atoms with Gasteiger partial charge in [0.1, 0.15) is 37.6 Å². The molecule has 21 heavy (non-hydrogen) atoms. The minimum Gasteiger partial charge on any atom is -0.463 e. The first-order valence-electron chi connectivity index (χ1n) is 6.19. The van der Waals surface area contributed by atoms with Gasteiger partial charge in [0.2, 0.25) is 0 Å². The van der Waals surface area contributed by atoms with E-state index in [1.807, 2.05) is 0 Å². The highest BCUT2D eigenvalue weighted by Crippen LogP contribution is 2.20. The number of esters is 2. The molecule has 9 heteroatoms. The first kappa shape index (κ1) is 17.5. The third-order valence-corrected chi connectivity index (χ3v) is 2.81. The molecule has 0 aromatic rings. The molecule has 1 fully saturated rings. The SMILES string of the molecule is C=CC(=O)OCCC(=O)OC[C@H]1O[C@@H](O)[C@H](O)[C@@H](O)[C@@H]1O. The molecule has 0 aromatic carbocycles. The first-order chi connectivity index (χ1) is 9.86. The Morgan fingerprint density at radius 1 is 1.10 bits per heavy atom. The van der Waals surface area contributed by atoms with Crippen LogP contribution in [0.1, 0.15) is 6.42 Å². The second-order valence-corrected chi connectivity index (χ2v) is 4.34. The molecule has 5 atom stereocenters. The Bertz CT molecular complexity index is 383. The molecule has 0 saturated carbocycles. The van der Waals surface area contributed by atoms with Crippen molar-refractivity contribution in [3.05, 3.63) is 12.7 Å². The Morgan fingerprint density at radius 3 is 2.38 bits per heavy atom. The number of carbonyl (C=O) groups excluding carboxylic acids is 2. The normalized spacial score (nSPS) is 32.3. The van der Waals surface area contributed by atoms with Crippen LogP contribution < -0.4 is 0 Å². The van der Waals surface area contributed by atoms with Crippen molar-refractivity contribution in [2.45, 2.75) is 37.1 Å². The van der Waals surface area contributed by atoms with Gasteiger partial charge in [-0.1, -0.05) is 6.58 Å². The van der Waals surface area contributed by atoms with Gasteiger partial charge in [-0.15, -0.1) is 0 Å². The van der Waals surface area contributed by atoms with Crippen molar-refractivity contribution >= 4 is 11.9 Å². The summed E-state index contributed by atoms with van der Waals surface area (Å²) in [7, 11) is 0. The van der Waals surface area contributed by atoms with Crippen LogP contribution in [0.15, 0.2) is 12.7 Å². The summed E-state index contributed by atoms with van der Waals surface area (Å²) in [6, 6.07) is 0. The molecule has 1 saturated heterocycles. The fourth-order valence-corrected chi connectivity index (χ4v) is 1.61. The summed E-state index contributed by atoms with van der Waals surface area (Å²) in [6.45, 7) is 2.55. The number of ether oxygens (including phenoxy) is 3. The first-order valence-corrected chi connectivity index (χ1v) is 6.19. The molecule has 1 aliphatic heterocycles. The van der Waals surface area contributed by atoms with Crippen LogP contribution in [0.5, 0.6) is 0 Å². The van der Waals surface area contributed by atoms with Gasteiger partial charge in [-0.25, -0.2) is 4.79 Å². The summed E-state index contributed by atoms with van der Waals surface area (Å²) in [5.74, 6) is -1.40. The van der Waals surface area contributed by atoms with Gasteiger partial charge in [0.05, 0.1) is 6.42 Å². The van der Waals surface area contributed by atoms with Crippen LogP contribution in [0.3, 0.4) is 0 Å². The lowest BCUT2D eigenvalue weighted by Crippen LogP contribution is -2.58. The van der Waals surface area contributed by atoms with Crippen molar-refractivity contribution < 1.29 is 44.2 Å². The maximum Gasteiger partial charge on any atom is 0.330 e. The smallest absolute Gasteiger partial charge is 0.330 e. The van der Waals surface area contributed by atoms with E-state index in [9.17, 15) is 30.0 Å². The van der Waals surface area contributed by atoms with Crippen molar-refractivity contribution in [2.24, 2.45) is 0 Å². The molecule has 0 spiro atoms. The number of rotatable bonds is 6. The Balaban J connectivity index is 2.32. The van der Waals surface area contributed by atoms with Crippen molar-refractivity contribution in [2.75, 3.05) is 13.2 Å². The van der Waals surface area contributed by atoms with Crippen LogP contribution in [0.4, 0.5) is 0 Å². The zero-order valence-corrected chi connectivity index (χ0v) is 11.1. The van der Waals surface area contributed by atoms with Crippen LogP contribution >= 0.6 is 0 Å². The van der Waals surface area contributed by atoms with Gasteiger partial charge in [0.25, 0.3) is 0 Å². The highest BCUT2D eigenvalue weighted by atomic mass is 16.6. The number of aliphatic hydroxyl groups is 4. The van der Waals surface area contributed by atoms with E-state index < -0.39 is 49.3 Å². The summed E-state index contributed by atoms with van der Waals surface area (Å²) >= 11 is 0. The Hall–Kier alpha value is -1.52. The summed E-state index contributed by atoms with van der Waals surface area (Å²) in [6.07, 6.45) is -6.92. The monoisotopic (exact) mass is 306 g/mol. The highest BCUT2D eigenvalue weighted by molar-refractivity contribution is 5.81. The van der Waals surface area contributed by atoms with Crippen molar-refractivity contribution in [1.82, 2.24) is 0 Å². The summed E-state index contributed by atoms with van der Waals surface area (Å²) in [5.41, 5.74) is 0. The molecule has 0 bridgehead atoms. The van der Waals surface area contributed by atoms with E-state index in [1.54, 1.807) is 0 Å². The second-order valence-electron chi connectivity index (χ2n) is 4.34. The van der Waals surface area contributed by atoms with Gasteiger partial charge in [-0.05, 0) is 0 Å². The summed E-state index contributed by atoms with van der Waals surface area (Å²) in [5, 5.41) is 37.6. The number of hydrogen-bond donors (Lipinski definition) is 4. The van der Waals surface area contributed by atoms with Crippen LogP contribution in [0.25, 0.3) is 0 Å². The van der Waals surface area contributed by atoms with E-state index in [0.29, 0.717) is 0 Å². The van der Waals surface area contributed by atoms with Crippen molar-refractivity contribution in [3.8, 4) is 0 Å². The third kappa shape index (κ3) is 5.06. The zero-order chi connectivity index (χ0) is 16.0. The standard InChI is InChI=1S/C12H18O9/c1-2-7(13)19-4-3-8(14)20-5-6-9(15)10(16)11(17)12(18)21-6/h2,6,9-12,15-18H,1,3-5H2/t6-,9-,10+,11-,12-/m1/s1. The molecule has 0 amide bonds. The van der Waals surface area contributed by atoms with Gasteiger partial charge in [0.15, 0.2) is 6.29 Å². The third-order valence-electron chi connectivity index (χ3n) is 2.81. The molecule has 1 aliphatic rings. The minimum absolute atomic E-state index is 0.193. The average Bonchev–Trinajstić information content (AvgIpc) is 2.47. The van der Waals surface area contributed by atoms with E-state index in [2.05, 4.69) is 11.3 Å². The topological polar surface area (TPSA) is 143 Å². The Labute approximate surface area is 120 Å². The van der Waals surface area contributed by atoms with Crippen LogP contribution in [-0.4, -0.2) is 76.3 Å². The zero-order valence-electron chi connectivity index (χ0n) is 11.1. The van der Waals surface area contributed by atoms with Gasteiger partial charge in [-0.2, -0.15) is 0 Å². The lowest BCUT2D eigenvalue weighted by molar-refractivity contribution is -0.287. The largest absolute Gasteiger partial charge is 0.463 e. The lowest BCUT2D eigenvalue weighted by atomic mass is 9.99. The minimum atomic E-state index is -1.69. The Kier molecular flexibility index (Phi) is 6.72. The van der Waals surface area contributed by atoms with Crippen LogP contribution in [0.2, 0.25) is 0 Å². The van der Waals surface area contributed by atoms with E-state index >= 15 is 0 Å². The maximum absolute atomic E-state index is 11.3. The maximum atomic E-state index is 11.3. The van der Waals surface area contributed by atoms with E-state index in [1.165, 1.54) is 0 Å². The fourth-order valence-electron chi connectivity index (χ4n) is 1.61. The molecular weight excluding hydrogens is 288 g/mol. The second kappa shape index (κ2) is 8.05. The van der Waals surface area contributed by atoms with Crippen molar-refractivity contribution in [1.29, 1.82) is 0 Å². The van der Waals surface area contributed by atoms with Gasteiger partial charge >= 0.3 is 11.9 Å². The number of aliphatic hydroxyl groups excluding tert-OH is 4. The van der Waals surface area contributed by atoms with Gasteiger partial charge in [0, 0.05) is 6.08 Å². The van der Waals surface area contributed by atoms with Crippen molar-refractivity contribution in [3.63, 3.8) is 0 Å². The molecule has 0 aromatic heterocycles. The lowest BCUT2D eigenvalue weighted by Gasteiger charge is -2.37. The highest BCUT2D eigenvalue weighted by Gasteiger charge is 2.43. The molecule has 4 N–H and O–H groups in total. The molecule has 120 valence electrons. The van der Waals surface area contributed by atoms with Gasteiger partial charge in [-0.3, -0.25) is 4.79 Å². The van der Waals surface area contributed by atoms with Gasteiger partial charge < -0.3 is 34.6 Å². The average molecular weight is 306 g/mol. The quantitative estimate of drug-likeness (QED) is 0.308. The summed E-state index contributed by atoms with van der Waals surface area (Å²) < 4.78 is 14.1. The molecule has 0 unspecified atom stereocenters.